The van der Waals surface area contributed by atoms with Gasteiger partial charge in [-0.3, -0.25) is 4.90 Å². The Hall–Kier alpha value is -1.06. The average Bonchev–Trinajstić information content (AvgIpc) is 2.97. The zero-order valence-corrected chi connectivity index (χ0v) is 11.7. The standard InChI is InChI=1S/C16H25N3/c17-13-14-5-4-8-16(14)19-11-9-18(10-12-19)15-6-2-1-3-7-15/h1-3,6-7,14,16H,4-5,8-13,17H2. The summed E-state index contributed by atoms with van der Waals surface area (Å²) in [5, 5.41) is 0. The molecular formula is C16H25N3. The Morgan fingerprint density at radius 2 is 1.74 bits per heavy atom. The highest BCUT2D eigenvalue weighted by molar-refractivity contribution is 5.46. The summed E-state index contributed by atoms with van der Waals surface area (Å²) in [5.74, 6) is 0.739. The van der Waals surface area contributed by atoms with Crippen molar-refractivity contribution >= 4 is 5.69 Å². The molecule has 1 aromatic rings. The number of nitrogens with two attached hydrogens (primary N) is 1. The van der Waals surface area contributed by atoms with Crippen LogP contribution in [0.2, 0.25) is 0 Å². The summed E-state index contributed by atoms with van der Waals surface area (Å²) in [6.07, 6.45) is 4.05. The minimum atomic E-state index is 0.739. The Kier molecular flexibility index (Phi) is 4.04. The largest absolute Gasteiger partial charge is 0.369 e. The number of piperazine rings is 1. The van der Waals surface area contributed by atoms with Crippen LogP contribution in [0.1, 0.15) is 19.3 Å². The molecule has 2 aliphatic rings. The smallest absolute Gasteiger partial charge is 0.0367 e. The molecule has 0 radical (unpaired) electrons. The Bertz CT molecular complexity index is 384. The predicted molar refractivity (Wildman–Crippen MR) is 80.4 cm³/mol. The molecule has 3 nitrogen and oxygen atoms in total. The van der Waals surface area contributed by atoms with E-state index in [9.17, 15) is 0 Å². The first kappa shape index (κ1) is 12.9. The van der Waals surface area contributed by atoms with Crippen LogP contribution in [-0.2, 0) is 0 Å². The summed E-state index contributed by atoms with van der Waals surface area (Å²) in [7, 11) is 0. The van der Waals surface area contributed by atoms with Gasteiger partial charge in [-0.15, -0.1) is 0 Å². The first-order valence-electron chi connectivity index (χ1n) is 7.62. The number of hydrogen-bond donors (Lipinski definition) is 1. The van der Waals surface area contributed by atoms with Crippen LogP contribution in [0.25, 0.3) is 0 Å². The molecule has 0 bridgehead atoms. The van der Waals surface area contributed by atoms with Crippen LogP contribution in [0, 0.1) is 5.92 Å². The summed E-state index contributed by atoms with van der Waals surface area (Å²) < 4.78 is 0. The molecule has 2 N–H and O–H groups in total. The van der Waals surface area contributed by atoms with Crippen LogP contribution in [0.5, 0.6) is 0 Å². The van der Waals surface area contributed by atoms with Gasteiger partial charge in [-0.2, -0.15) is 0 Å². The topological polar surface area (TPSA) is 32.5 Å². The van der Waals surface area contributed by atoms with Crippen molar-refractivity contribution in [2.75, 3.05) is 37.6 Å². The fourth-order valence-corrected chi connectivity index (χ4v) is 3.72. The second kappa shape index (κ2) is 5.93. The maximum Gasteiger partial charge on any atom is 0.0367 e. The Balaban J connectivity index is 1.58. The molecule has 1 saturated heterocycles. The molecular weight excluding hydrogens is 234 g/mol. The van der Waals surface area contributed by atoms with Crippen molar-refractivity contribution in [3.63, 3.8) is 0 Å². The van der Waals surface area contributed by atoms with Gasteiger partial charge in [0.2, 0.25) is 0 Å². The molecule has 2 atom stereocenters. The molecule has 0 aromatic heterocycles. The molecule has 3 rings (SSSR count). The van der Waals surface area contributed by atoms with Crippen molar-refractivity contribution < 1.29 is 0 Å². The monoisotopic (exact) mass is 259 g/mol. The van der Waals surface area contributed by atoms with Crippen LogP contribution in [0.4, 0.5) is 5.69 Å². The van der Waals surface area contributed by atoms with E-state index in [-0.39, 0.29) is 0 Å². The van der Waals surface area contributed by atoms with Gasteiger partial charge in [-0.25, -0.2) is 0 Å². The van der Waals surface area contributed by atoms with Crippen LogP contribution in [-0.4, -0.2) is 43.7 Å². The van der Waals surface area contributed by atoms with Crippen LogP contribution >= 0.6 is 0 Å². The van der Waals surface area contributed by atoms with Crippen molar-refractivity contribution in [3.8, 4) is 0 Å². The van der Waals surface area contributed by atoms with E-state index in [1.807, 2.05) is 0 Å². The summed E-state index contributed by atoms with van der Waals surface area (Å²) in [4.78, 5) is 5.19. The number of rotatable bonds is 3. The highest BCUT2D eigenvalue weighted by Crippen LogP contribution is 2.30. The van der Waals surface area contributed by atoms with Gasteiger partial charge in [-0.05, 0) is 37.4 Å². The van der Waals surface area contributed by atoms with Gasteiger partial charge in [0.1, 0.15) is 0 Å². The van der Waals surface area contributed by atoms with E-state index in [0.717, 1.165) is 31.6 Å². The highest BCUT2D eigenvalue weighted by Gasteiger charge is 2.32. The summed E-state index contributed by atoms with van der Waals surface area (Å²) in [5.41, 5.74) is 7.28. The summed E-state index contributed by atoms with van der Waals surface area (Å²) in [6, 6.07) is 11.5. The van der Waals surface area contributed by atoms with Gasteiger partial charge in [0, 0.05) is 37.9 Å². The van der Waals surface area contributed by atoms with Crippen molar-refractivity contribution in [1.29, 1.82) is 0 Å². The van der Waals surface area contributed by atoms with Gasteiger partial charge in [0.05, 0.1) is 0 Å². The van der Waals surface area contributed by atoms with Gasteiger partial charge in [0.25, 0.3) is 0 Å². The molecule has 1 aromatic carbocycles. The molecule has 104 valence electrons. The lowest BCUT2D eigenvalue weighted by atomic mass is 10.0. The summed E-state index contributed by atoms with van der Waals surface area (Å²) >= 11 is 0. The normalized spacial score (nSPS) is 28.8. The maximum atomic E-state index is 5.91. The molecule has 1 saturated carbocycles. The third-order valence-electron chi connectivity index (χ3n) is 4.83. The van der Waals surface area contributed by atoms with Crippen LogP contribution in [0.15, 0.2) is 30.3 Å². The molecule has 0 amide bonds. The number of nitrogens with zero attached hydrogens (tertiary/aromatic N) is 2. The van der Waals surface area contributed by atoms with Crippen molar-refractivity contribution in [2.45, 2.75) is 25.3 Å². The quantitative estimate of drug-likeness (QED) is 0.900. The molecule has 1 aliphatic heterocycles. The van der Waals surface area contributed by atoms with Crippen LogP contribution < -0.4 is 10.6 Å². The van der Waals surface area contributed by atoms with E-state index < -0.39 is 0 Å². The van der Waals surface area contributed by atoms with Crippen molar-refractivity contribution in [3.05, 3.63) is 30.3 Å². The molecule has 0 spiro atoms. The van der Waals surface area contributed by atoms with Gasteiger partial charge in [0.15, 0.2) is 0 Å². The minimum absolute atomic E-state index is 0.739. The number of benzene rings is 1. The zero-order chi connectivity index (χ0) is 13.1. The fraction of sp³-hybridized carbons (Fsp3) is 0.625. The lowest BCUT2D eigenvalue weighted by molar-refractivity contribution is 0.153. The van der Waals surface area contributed by atoms with E-state index in [0.29, 0.717) is 0 Å². The van der Waals surface area contributed by atoms with Gasteiger partial charge in [-0.1, -0.05) is 24.6 Å². The Morgan fingerprint density at radius 1 is 1.00 bits per heavy atom. The Morgan fingerprint density at radius 3 is 2.42 bits per heavy atom. The lowest BCUT2D eigenvalue weighted by Crippen LogP contribution is -2.52. The molecule has 2 fully saturated rings. The summed E-state index contributed by atoms with van der Waals surface area (Å²) in [6.45, 7) is 5.55. The second-order valence-electron chi connectivity index (χ2n) is 5.85. The average molecular weight is 259 g/mol. The third-order valence-corrected chi connectivity index (χ3v) is 4.83. The van der Waals surface area contributed by atoms with Crippen LogP contribution in [0.3, 0.4) is 0 Å². The van der Waals surface area contributed by atoms with E-state index in [1.165, 1.54) is 38.0 Å². The Labute approximate surface area is 116 Å². The van der Waals surface area contributed by atoms with E-state index in [2.05, 4.69) is 40.1 Å². The van der Waals surface area contributed by atoms with Gasteiger partial charge < -0.3 is 10.6 Å². The van der Waals surface area contributed by atoms with Crippen molar-refractivity contribution in [2.24, 2.45) is 11.7 Å². The lowest BCUT2D eigenvalue weighted by Gasteiger charge is -2.40. The first-order valence-corrected chi connectivity index (χ1v) is 7.62. The molecule has 19 heavy (non-hydrogen) atoms. The number of anilines is 1. The second-order valence-corrected chi connectivity index (χ2v) is 5.85. The maximum absolute atomic E-state index is 5.91. The van der Waals surface area contributed by atoms with E-state index >= 15 is 0 Å². The van der Waals surface area contributed by atoms with E-state index in [4.69, 9.17) is 5.73 Å². The molecule has 3 heteroatoms. The molecule has 2 unspecified atom stereocenters. The number of hydrogen-bond acceptors (Lipinski definition) is 3. The van der Waals surface area contributed by atoms with E-state index in [1.54, 1.807) is 0 Å². The van der Waals surface area contributed by atoms with Gasteiger partial charge >= 0.3 is 0 Å². The molecule has 1 aliphatic carbocycles. The zero-order valence-electron chi connectivity index (χ0n) is 11.7. The SMILES string of the molecule is NCC1CCCC1N1CCN(c2ccccc2)CC1. The highest BCUT2D eigenvalue weighted by atomic mass is 15.3. The minimum Gasteiger partial charge on any atom is -0.369 e. The predicted octanol–water partition coefficient (Wildman–Crippen LogP) is 1.94. The first-order chi connectivity index (χ1) is 9.38. The third kappa shape index (κ3) is 2.77. The number of para-hydroxylation sites is 1. The molecule has 1 heterocycles. The van der Waals surface area contributed by atoms with Crippen molar-refractivity contribution in [1.82, 2.24) is 4.90 Å². The fourth-order valence-electron chi connectivity index (χ4n) is 3.72.